The Kier molecular flexibility index (Phi) is 9.93. The van der Waals surface area contributed by atoms with E-state index in [1.54, 1.807) is 13.2 Å². The Balaban J connectivity index is 1.41. The lowest BCUT2D eigenvalue weighted by Gasteiger charge is -2.37. The van der Waals surface area contributed by atoms with Crippen molar-refractivity contribution in [1.82, 2.24) is 9.80 Å². The summed E-state index contributed by atoms with van der Waals surface area (Å²) in [5.41, 5.74) is 1.21. The molecule has 0 spiro atoms. The zero-order valence-corrected chi connectivity index (χ0v) is 21.3. The number of hydrogen-bond donors (Lipinski definition) is 0. The van der Waals surface area contributed by atoms with E-state index < -0.39 is 0 Å². The molecule has 33 heavy (non-hydrogen) atoms. The first-order chi connectivity index (χ1) is 15.9. The third-order valence-electron chi connectivity index (χ3n) is 6.80. The Bertz CT molecular complexity index is 770. The number of thioether (sulfide) groups is 1. The van der Waals surface area contributed by atoms with E-state index in [0.29, 0.717) is 18.8 Å². The van der Waals surface area contributed by atoms with Gasteiger partial charge in [-0.25, -0.2) is 0 Å². The van der Waals surface area contributed by atoms with Gasteiger partial charge < -0.3 is 19.3 Å². The number of hydrogen-bond acceptors (Lipinski definition) is 6. The monoisotopic (exact) mass is 476 g/mol. The molecule has 1 amide bonds. The molecule has 2 aliphatic heterocycles. The zero-order chi connectivity index (χ0) is 23.7. The van der Waals surface area contributed by atoms with Crippen molar-refractivity contribution < 1.29 is 19.1 Å². The fraction of sp³-hybridized carbons (Fsp3) is 0.692. The van der Waals surface area contributed by atoms with Gasteiger partial charge in [-0.1, -0.05) is 69.4 Å². The van der Waals surface area contributed by atoms with Gasteiger partial charge in [-0.2, -0.15) is 0 Å². The molecular weight excluding hydrogens is 436 g/mol. The lowest BCUT2D eigenvalue weighted by molar-refractivity contribution is -0.136. The summed E-state index contributed by atoms with van der Waals surface area (Å²) in [7, 11) is 1.73. The fourth-order valence-electron chi connectivity index (χ4n) is 4.62. The molecule has 184 valence electrons. The van der Waals surface area contributed by atoms with Crippen LogP contribution in [0.5, 0.6) is 0 Å². The molecule has 3 rings (SSSR count). The first-order valence-corrected chi connectivity index (χ1v) is 13.3. The van der Waals surface area contributed by atoms with Crippen LogP contribution in [0.15, 0.2) is 35.8 Å². The Hall–Kier alpha value is -1.73. The van der Waals surface area contributed by atoms with Gasteiger partial charge >= 0.3 is 0 Å². The molecule has 0 aromatic rings. The molecule has 6 nitrogen and oxygen atoms in total. The van der Waals surface area contributed by atoms with Gasteiger partial charge in [0.1, 0.15) is 5.76 Å². The fourth-order valence-corrected chi connectivity index (χ4v) is 5.69. The SMILES string of the molecule is CCCCCCCCC1(C)SC(=O)C=C1OCC(=O)N1CCN(C2=CCC(OC)C=C2)CC1. The van der Waals surface area contributed by atoms with Crippen LogP contribution >= 0.6 is 11.8 Å². The molecule has 3 aliphatic rings. The predicted molar refractivity (Wildman–Crippen MR) is 134 cm³/mol. The molecule has 0 saturated carbocycles. The van der Waals surface area contributed by atoms with Crippen molar-refractivity contribution in [3.63, 3.8) is 0 Å². The van der Waals surface area contributed by atoms with E-state index in [-0.39, 0.29) is 28.5 Å². The van der Waals surface area contributed by atoms with Crippen LogP contribution in [0.2, 0.25) is 0 Å². The number of unbranched alkanes of at least 4 members (excludes halogenated alkanes) is 5. The number of amides is 1. The quantitative estimate of drug-likeness (QED) is 0.382. The number of rotatable bonds is 12. The standard InChI is InChI=1S/C26H40N2O4S/c1-4-5-6-7-8-9-14-26(2)23(19-25(30)33-26)32-20-24(29)28-17-15-27(16-18-28)21-10-12-22(31-3)13-11-21/h10-12,19,22H,4-9,13-18,20H2,1-3H3. The van der Waals surface area contributed by atoms with Crippen LogP contribution in [0, 0.1) is 0 Å². The van der Waals surface area contributed by atoms with E-state index in [2.05, 4.69) is 37.0 Å². The first kappa shape index (κ1) is 25.9. The molecule has 1 fully saturated rings. The summed E-state index contributed by atoms with van der Waals surface area (Å²) >= 11 is 1.34. The van der Waals surface area contributed by atoms with Crippen LogP contribution in [0.3, 0.4) is 0 Å². The van der Waals surface area contributed by atoms with Crippen molar-refractivity contribution in [3.05, 3.63) is 35.8 Å². The van der Waals surface area contributed by atoms with Gasteiger partial charge in [0.2, 0.25) is 5.12 Å². The van der Waals surface area contributed by atoms with Gasteiger partial charge in [-0.05, 0) is 25.8 Å². The summed E-state index contributed by atoms with van der Waals surface area (Å²) in [4.78, 5) is 29.1. The van der Waals surface area contributed by atoms with Gasteiger partial charge in [-0.15, -0.1) is 0 Å². The van der Waals surface area contributed by atoms with Crippen LogP contribution in [-0.2, 0) is 19.1 Å². The van der Waals surface area contributed by atoms with E-state index in [4.69, 9.17) is 9.47 Å². The smallest absolute Gasteiger partial charge is 0.260 e. The van der Waals surface area contributed by atoms with Crippen molar-refractivity contribution >= 4 is 22.8 Å². The molecule has 1 aliphatic carbocycles. The number of piperazine rings is 1. The summed E-state index contributed by atoms with van der Waals surface area (Å²) in [6, 6.07) is 0. The summed E-state index contributed by atoms with van der Waals surface area (Å²) < 4.78 is 11.0. The largest absolute Gasteiger partial charge is 0.486 e. The highest BCUT2D eigenvalue weighted by Gasteiger charge is 2.39. The zero-order valence-electron chi connectivity index (χ0n) is 20.5. The second-order valence-corrected chi connectivity index (χ2v) is 10.8. The molecule has 0 N–H and O–H groups in total. The van der Waals surface area contributed by atoms with Gasteiger partial charge in [0.05, 0.1) is 10.9 Å². The van der Waals surface area contributed by atoms with E-state index >= 15 is 0 Å². The number of carbonyl (C=O) groups is 2. The van der Waals surface area contributed by atoms with Crippen LogP contribution in [0.1, 0.15) is 65.2 Å². The molecule has 0 radical (unpaired) electrons. The number of carbonyl (C=O) groups excluding carboxylic acids is 2. The molecule has 2 unspecified atom stereocenters. The maximum Gasteiger partial charge on any atom is 0.260 e. The minimum atomic E-state index is -0.347. The molecule has 7 heteroatoms. The van der Waals surface area contributed by atoms with Crippen molar-refractivity contribution in [2.45, 2.75) is 76.1 Å². The Labute approximate surface area is 203 Å². The van der Waals surface area contributed by atoms with E-state index in [9.17, 15) is 9.59 Å². The molecular formula is C26H40N2O4S. The molecule has 0 aromatic carbocycles. The Morgan fingerprint density at radius 2 is 1.88 bits per heavy atom. The van der Waals surface area contributed by atoms with Crippen molar-refractivity contribution in [2.24, 2.45) is 0 Å². The maximum absolute atomic E-state index is 12.8. The average molecular weight is 477 g/mol. The number of allylic oxidation sites excluding steroid dienone is 1. The molecule has 2 atom stereocenters. The molecule has 2 heterocycles. The van der Waals surface area contributed by atoms with Crippen molar-refractivity contribution in [3.8, 4) is 0 Å². The van der Waals surface area contributed by atoms with Crippen LogP contribution in [-0.4, -0.2) is 71.6 Å². The predicted octanol–water partition coefficient (Wildman–Crippen LogP) is 4.67. The highest BCUT2D eigenvalue weighted by molar-refractivity contribution is 8.15. The van der Waals surface area contributed by atoms with Gasteiger partial charge in [0.25, 0.3) is 5.91 Å². The van der Waals surface area contributed by atoms with E-state index in [1.807, 2.05) is 4.90 Å². The van der Waals surface area contributed by atoms with Crippen LogP contribution in [0.4, 0.5) is 0 Å². The molecule has 0 aromatic heterocycles. The van der Waals surface area contributed by atoms with Crippen molar-refractivity contribution in [2.75, 3.05) is 39.9 Å². The summed E-state index contributed by atoms with van der Waals surface area (Å²) in [6.07, 6.45) is 17.3. The van der Waals surface area contributed by atoms with Crippen LogP contribution < -0.4 is 0 Å². The number of ether oxygens (including phenoxy) is 2. The third-order valence-corrected chi connectivity index (χ3v) is 7.97. The lowest BCUT2D eigenvalue weighted by Crippen LogP contribution is -2.49. The minimum Gasteiger partial charge on any atom is -0.486 e. The number of methoxy groups -OCH3 is 1. The number of nitrogens with zero attached hydrogens (tertiary/aromatic N) is 2. The topological polar surface area (TPSA) is 59.1 Å². The first-order valence-electron chi connectivity index (χ1n) is 12.5. The second-order valence-electron chi connectivity index (χ2n) is 9.33. The van der Waals surface area contributed by atoms with Gasteiger partial charge in [0, 0.05) is 45.1 Å². The highest BCUT2D eigenvalue weighted by Crippen LogP contribution is 2.44. The average Bonchev–Trinajstić information content (AvgIpc) is 3.13. The Morgan fingerprint density at radius 1 is 1.15 bits per heavy atom. The molecule has 0 bridgehead atoms. The van der Waals surface area contributed by atoms with Gasteiger partial charge in [-0.3, -0.25) is 9.59 Å². The maximum atomic E-state index is 12.8. The third kappa shape index (κ3) is 7.38. The minimum absolute atomic E-state index is 0.00385. The highest BCUT2D eigenvalue weighted by atomic mass is 32.2. The summed E-state index contributed by atoms with van der Waals surface area (Å²) in [5, 5.41) is 0.0315. The summed E-state index contributed by atoms with van der Waals surface area (Å²) in [5.74, 6) is 0.665. The van der Waals surface area contributed by atoms with Crippen molar-refractivity contribution in [1.29, 1.82) is 0 Å². The second kappa shape index (κ2) is 12.7. The summed E-state index contributed by atoms with van der Waals surface area (Å²) in [6.45, 7) is 7.29. The van der Waals surface area contributed by atoms with Crippen LogP contribution in [0.25, 0.3) is 0 Å². The Morgan fingerprint density at radius 3 is 2.55 bits per heavy atom. The van der Waals surface area contributed by atoms with E-state index in [0.717, 1.165) is 32.4 Å². The lowest BCUT2D eigenvalue weighted by atomic mass is 9.99. The normalized spacial score (nSPS) is 25.3. The van der Waals surface area contributed by atoms with E-state index in [1.165, 1.54) is 49.6 Å². The molecule has 1 saturated heterocycles. The van der Waals surface area contributed by atoms with Gasteiger partial charge in [0.15, 0.2) is 6.61 Å².